The van der Waals surface area contributed by atoms with Gasteiger partial charge in [0.05, 0.1) is 10.6 Å². The zero-order chi connectivity index (χ0) is 21.9. The Balaban J connectivity index is 0.00000363. The SMILES string of the molecule is CN=C(NCCCS(=O)(=O)c1ccccc1)NCc1ccc(CN2CCCCC2)cc1.I. The van der Waals surface area contributed by atoms with E-state index in [0.29, 0.717) is 30.4 Å². The molecule has 1 saturated heterocycles. The molecule has 2 N–H and O–H groups in total. The van der Waals surface area contributed by atoms with E-state index in [0.717, 1.165) is 6.54 Å². The highest BCUT2D eigenvalue weighted by Crippen LogP contribution is 2.14. The third-order valence-corrected chi connectivity index (χ3v) is 7.36. The van der Waals surface area contributed by atoms with Crippen LogP contribution in [-0.2, 0) is 22.9 Å². The van der Waals surface area contributed by atoms with E-state index in [-0.39, 0.29) is 29.7 Å². The summed E-state index contributed by atoms with van der Waals surface area (Å²) in [6.45, 7) is 4.66. The molecule has 0 aromatic heterocycles. The largest absolute Gasteiger partial charge is 0.356 e. The number of sulfone groups is 1. The van der Waals surface area contributed by atoms with Crippen molar-refractivity contribution in [2.24, 2.45) is 4.99 Å². The summed E-state index contributed by atoms with van der Waals surface area (Å²) in [6.07, 6.45) is 4.50. The van der Waals surface area contributed by atoms with Crippen molar-refractivity contribution in [3.63, 3.8) is 0 Å². The maximum Gasteiger partial charge on any atom is 0.191 e. The lowest BCUT2D eigenvalue weighted by atomic mass is 10.1. The standard InChI is InChI=1S/C24H34N4O2S.HI/c1-25-24(26-15-8-18-31(29,30)23-9-4-2-5-10-23)27-19-21-11-13-22(14-12-21)20-28-16-6-3-7-17-28;/h2,4-5,9-14H,3,6-8,15-20H2,1H3,(H2,25,26,27);1H. The van der Waals surface area contributed by atoms with Gasteiger partial charge in [-0.15, -0.1) is 24.0 Å². The van der Waals surface area contributed by atoms with Gasteiger partial charge in [0.1, 0.15) is 0 Å². The van der Waals surface area contributed by atoms with Gasteiger partial charge in [-0.1, -0.05) is 48.9 Å². The Morgan fingerprint density at radius 1 is 0.938 bits per heavy atom. The van der Waals surface area contributed by atoms with Gasteiger partial charge in [-0.3, -0.25) is 9.89 Å². The zero-order valence-electron chi connectivity index (χ0n) is 18.8. The van der Waals surface area contributed by atoms with Gasteiger partial charge in [0, 0.05) is 26.7 Å². The maximum absolute atomic E-state index is 12.3. The molecule has 2 aromatic rings. The molecule has 32 heavy (non-hydrogen) atoms. The number of halogens is 1. The Morgan fingerprint density at radius 3 is 2.25 bits per heavy atom. The molecule has 2 aromatic carbocycles. The van der Waals surface area contributed by atoms with Crippen LogP contribution in [0.3, 0.4) is 0 Å². The van der Waals surface area contributed by atoms with E-state index in [2.05, 4.69) is 44.8 Å². The van der Waals surface area contributed by atoms with E-state index in [1.54, 1.807) is 31.3 Å². The second-order valence-electron chi connectivity index (χ2n) is 7.99. The fraction of sp³-hybridized carbons (Fsp3) is 0.458. The first-order valence-electron chi connectivity index (χ1n) is 11.1. The Kier molecular flexibility index (Phi) is 11.5. The van der Waals surface area contributed by atoms with Crippen LogP contribution in [0.1, 0.15) is 36.8 Å². The number of nitrogens with zero attached hydrogens (tertiary/aromatic N) is 2. The van der Waals surface area contributed by atoms with Crippen LogP contribution in [0.25, 0.3) is 0 Å². The van der Waals surface area contributed by atoms with Crippen molar-refractivity contribution in [1.29, 1.82) is 0 Å². The second kappa shape index (κ2) is 13.8. The van der Waals surface area contributed by atoms with Crippen molar-refractivity contribution in [2.75, 3.05) is 32.4 Å². The molecule has 1 aliphatic heterocycles. The lowest BCUT2D eigenvalue weighted by molar-refractivity contribution is 0.221. The van der Waals surface area contributed by atoms with E-state index in [4.69, 9.17) is 0 Å². The highest BCUT2D eigenvalue weighted by Gasteiger charge is 2.13. The molecule has 3 rings (SSSR count). The molecule has 176 valence electrons. The first kappa shape index (κ1) is 26.6. The molecule has 1 aliphatic rings. The summed E-state index contributed by atoms with van der Waals surface area (Å²) in [7, 11) is -1.52. The molecule has 1 fully saturated rings. The van der Waals surface area contributed by atoms with Crippen LogP contribution >= 0.6 is 24.0 Å². The number of benzene rings is 2. The van der Waals surface area contributed by atoms with Crippen LogP contribution < -0.4 is 10.6 Å². The van der Waals surface area contributed by atoms with Gasteiger partial charge in [0.15, 0.2) is 15.8 Å². The molecule has 0 atom stereocenters. The molecule has 0 aliphatic carbocycles. The molecule has 0 bridgehead atoms. The summed E-state index contributed by atoms with van der Waals surface area (Å²) in [5, 5.41) is 6.49. The lowest BCUT2D eigenvalue weighted by Crippen LogP contribution is -2.37. The van der Waals surface area contributed by atoms with Gasteiger partial charge < -0.3 is 10.6 Å². The first-order chi connectivity index (χ1) is 15.1. The molecule has 8 heteroatoms. The lowest BCUT2D eigenvalue weighted by Gasteiger charge is -2.26. The quantitative estimate of drug-likeness (QED) is 0.208. The number of piperidine rings is 1. The number of aliphatic imine (C=N–C) groups is 1. The predicted molar refractivity (Wildman–Crippen MR) is 142 cm³/mol. The van der Waals surface area contributed by atoms with Crippen molar-refractivity contribution < 1.29 is 8.42 Å². The molecular formula is C24H35IN4O2S. The van der Waals surface area contributed by atoms with Crippen LogP contribution in [0.5, 0.6) is 0 Å². The maximum atomic E-state index is 12.3. The van der Waals surface area contributed by atoms with Crippen molar-refractivity contribution in [3.05, 3.63) is 65.7 Å². The average molecular weight is 571 g/mol. The van der Waals surface area contributed by atoms with E-state index in [1.807, 2.05) is 6.07 Å². The summed E-state index contributed by atoms with van der Waals surface area (Å²) >= 11 is 0. The van der Waals surface area contributed by atoms with E-state index in [9.17, 15) is 8.42 Å². The number of nitrogens with one attached hydrogen (secondary N) is 2. The molecule has 0 radical (unpaired) electrons. The number of guanidine groups is 1. The van der Waals surface area contributed by atoms with Crippen LogP contribution in [0, 0.1) is 0 Å². The summed E-state index contributed by atoms with van der Waals surface area (Å²) in [5.41, 5.74) is 2.55. The van der Waals surface area contributed by atoms with Gasteiger partial charge in [-0.05, 0) is 55.6 Å². The molecular weight excluding hydrogens is 535 g/mol. The minimum Gasteiger partial charge on any atom is -0.356 e. The highest BCUT2D eigenvalue weighted by atomic mass is 127. The normalized spacial score (nSPS) is 15.1. The smallest absolute Gasteiger partial charge is 0.191 e. The van der Waals surface area contributed by atoms with Gasteiger partial charge >= 0.3 is 0 Å². The Morgan fingerprint density at radius 2 is 1.59 bits per heavy atom. The van der Waals surface area contributed by atoms with Crippen molar-refractivity contribution >= 4 is 39.8 Å². The number of hydrogen-bond donors (Lipinski definition) is 2. The summed E-state index contributed by atoms with van der Waals surface area (Å²) in [5.74, 6) is 0.786. The van der Waals surface area contributed by atoms with Gasteiger partial charge in [-0.25, -0.2) is 8.42 Å². The zero-order valence-corrected chi connectivity index (χ0v) is 21.9. The monoisotopic (exact) mass is 570 g/mol. The Labute approximate surface area is 209 Å². The molecule has 0 amide bonds. The van der Waals surface area contributed by atoms with Crippen molar-refractivity contribution in [1.82, 2.24) is 15.5 Å². The fourth-order valence-electron chi connectivity index (χ4n) is 3.76. The number of likely N-dealkylation sites (tertiary alicyclic amines) is 1. The molecule has 0 spiro atoms. The highest BCUT2D eigenvalue weighted by molar-refractivity contribution is 14.0. The van der Waals surface area contributed by atoms with Crippen molar-refractivity contribution in [3.8, 4) is 0 Å². The first-order valence-corrected chi connectivity index (χ1v) is 12.7. The summed E-state index contributed by atoms with van der Waals surface area (Å²) in [6, 6.07) is 17.3. The molecule has 1 heterocycles. The summed E-state index contributed by atoms with van der Waals surface area (Å²) in [4.78, 5) is 7.13. The van der Waals surface area contributed by atoms with Crippen LogP contribution in [-0.4, -0.2) is 51.7 Å². The predicted octanol–water partition coefficient (Wildman–Crippen LogP) is 3.82. The van der Waals surface area contributed by atoms with Crippen LogP contribution in [0.4, 0.5) is 0 Å². The van der Waals surface area contributed by atoms with Crippen LogP contribution in [0.15, 0.2) is 64.5 Å². The average Bonchev–Trinajstić information content (AvgIpc) is 2.81. The molecule has 6 nitrogen and oxygen atoms in total. The minimum absolute atomic E-state index is 0. The molecule has 0 unspecified atom stereocenters. The topological polar surface area (TPSA) is 73.8 Å². The Bertz CT molecular complexity index is 928. The number of rotatable bonds is 9. The second-order valence-corrected chi connectivity index (χ2v) is 10.1. The minimum atomic E-state index is -3.24. The third-order valence-electron chi connectivity index (χ3n) is 5.55. The Hall–Kier alpha value is -1.65. The van der Waals surface area contributed by atoms with Gasteiger partial charge in [0.25, 0.3) is 0 Å². The summed E-state index contributed by atoms with van der Waals surface area (Å²) < 4.78 is 24.7. The van der Waals surface area contributed by atoms with E-state index >= 15 is 0 Å². The van der Waals surface area contributed by atoms with E-state index < -0.39 is 9.84 Å². The van der Waals surface area contributed by atoms with Gasteiger partial charge in [0.2, 0.25) is 0 Å². The molecule has 0 saturated carbocycles. The van der Waals surface area contributed by atoms with Crippen LogP contribution in [0.2, 0.25) is 0 Å². The third kappa shape index (κ3) is 8.71. The van der Waals surface area contributed by atoms with Crippen molar-refractivity contribution in [2.45, 2.75) is 43.7 Å². The fourth-order valence-corrected chi connectivity index (χ4v) is 5.09. The van der Waals surface area contributed by atoms with E-state index in [1.165, 1.54) is 43.5 Å². The number of hydrogen-bond acceptors (Lipinski definition) is 4. The van der Waals surface area contributed by atoms with Gasteiger partial charge in [-0.2, -0.15) is 0 Å².